The number of hydrogen-bond acceptors (Lipinski definition) is 4. The Morgan fingerprint density at radius 1 is 1.26 bits per heavy atom. The van der Waals surface area contributed by atoms with Crippen LogP contribution in [0.1, 0.15) is 44.7 Å². The molecule has 1 aromatic carbocycles. The van der Waals surface area contributed by atoms with Gasteiger partial charge in [0.15, 0.2) is 0 Å². The summed E-state index contributed by atoms with van der Waals surface area (Å²) >= 11 is 0. The predicted molar refractivity (Wildman–Crippen MR) is 91.4 cm³/mol. The summed E-state index contributed by atoms with van der Waals surface area (Å²) in [4.78, 5) is 13.9. The fraction of sp³-hybridized carbons (Fsp3) is 0.562. The van der Waals surface area contributed by atoms with Gasteiger partial charge < -0.3 is 5.32 Å². The van der Waals surface area contributed by atoms with Crippen LogP contribution in [0.5, 0.6) is 0 Å². The summed E-state index contributed by atoms with van der Waals surface area (Å²) in [5.41, 5.74) is 0.929. The van der Waals surface area contributed by atoms with Crippen molar-refractivity contribution < 1.29 is 13.2 Å². The zero-order valence-corrected chi connectivity index (χ0v) is 14.9. The summed E-state index contributed by atoms with van der Waals surface area (Å²) in [6.45, 7) is 5.09. The highest BCUT2D eigenvalue weighted by molar-refractivity contribution is 7.89. The van der Waals surface area contributed by atoms with Crippen molar-refractivity contribution in [2.75, 3.05) is 20.1 Å². The van der Waals surface area contributed by atoms with Gasteiger partial charge in [-0.15, -0.1) is 0 Å². The van der Waals surface area contributed by atoms with Crippen molar-refractivity contribution in [3.05, 3.63) is 29.8 Å². The lowest BCUT2D eigenvalue weighted by Gasteiger charge is -2.24. The van der Waals surface area contributed by atoms with Crippen LogP contribution in [-0.4, -0.2) is 39.4 Å². The molecule has 0 aliphatic carbocycles. The summed E-state index contributed by atoms with van der Waals surface area (Å²) in [7, 11) is -1.81. The number of primary sulfonamides is 1. The van der Waals surface area contributed by atoms with Crippen LogP contribution in [-0.2, 0) is 14.8 Å². The molecule has 6 nitrogen and oxygen atoms in total. The van der Waals surface area contributed by atoms with E-state index in [4.69, 9.17) is 5.14 Å². The molecule has 0 fully saturated rings. The first kappa shape index (κ1) is 19.6. The Hall–Kier alpha value is -1.44. The topological polar surface area (TPSA) is 92.5 Å². The van der Waals surface area contributed by atoms with Gasteiger partial charge in [0, 0.05) is 12.6 Å². The first-order valence-corrected chi connectivity index (χ1v) is 9.40. The van der Waals surface area contributed by atoms with Crippen LogP contribution < -0.4 is 10.5 Å². The van der Waals surface area contributed by atoms with Crippen LogP contribution in [0.2, 0.25) is 0 Å². The molecule has 130 valence electrons. The van der Waals surface area contributed by atoms with Gasteiger partial charge in [0.05, 0.1) is 11.4 Å². The smallest absolute Gasteiger partial charge is 0.238 e. The van der Waals surface area contributed by atoms with Crippen molar-refractivity contribution in [1.29, 1.82) is 0 Å². The molecule has 0 aliphatic rings. The van der Waals surface area contributed by atoms with Gasteiger partial charge in [0.25, 0.3) is 0 Å². The molecule has 0 radical (unpaired) electrons. The Bertz CT molecular complexity index is 600. The van der Waals surface area contributed by atoms with E-state index in [9.17, 15) is 13.2 Å². The van der Waals surface area contributed by atoms with E-state index in [1.807, 2.05) is 18.9 Å². The Morgan fingerprint density at radius 3 is 2.39 bits per heavy atom. The molecule has 3 N–H and O–H groups in total. The van der Waals surface area contributed by atoms with Gasteiger partial charge in [-0.05, 0) is 38.1 Å². The molecule has 0 spiro atoms. The van der Waals surface area contributed by atoms with Crippen LogP contribution in [0, 0.1) is 0 Å². The molecule has 0 bridgehead atoms. The highest BCUT2D eigenvalue weighted by Gasteiger charge is 2.15. The second-order valence-corrected chi connectivity index (χ2v) is 7.32. The highest BCUT2D eigenvalue weighted by Crippen LogP contribution is 2.20. The molecule has 0 aliphatic heterocycles. The number of rotatable bonds is 9. The van der Waals surface area contributed by atoms with Crippen molar-refractivity contribution in [3.63, 3.8) is 0 Å². The second kappa shape index (κ2) is 9.00. The van der Waals surface area contributed by atoms with Crippen LogP contribution in [0.3, 0.4) is 0 Å². The average molecular weight is 341 g/mol. The van der Waals surface area contributed by atoms with E-state index in [-0.39, 0.29) is 16.8 Å². The average Bonchev–Trinajstić information content (AvgIpc) is 2.50. The minimum Gasteiger partial charge on any atom is -0.355 e. The van der Waals surface area contributed by atoms with Crippen molar-refractivity contribution in [3.8, 4) is 0 Å². The Kier molecular flexibility index (Phi) is 7.67. The van der Waals surface area contributed by atoms with Gasteiger partial charge in [-0.1, -0.05) is 31.9 Å². The monoisotopic (exact) mass is 341 g/mol. The van der Waals surface area contributed by atoms with Crippen LogP contribution >= 0.6 is 0 Å². The lowest BCUT2D eigenvalue weighted by molar-refractivity contribution is -0.122. The molecule has 1 unspecified atom stereocenters. The molecule has 0 saturated heterocycles. The molecule has 0 aromatic heterocycles. The van der Waals surface area contributed by atoms with Crippen molar-refractivity contribution in [2.24, 2.45) is 5.14 Å². The number of benzene rings is 1. The normalized spacial score (nSPS) is 13.1. The van der Waals surface area contributed by atoms with E-state index in [2.05, 4.69) is 12.2 Å². The zero-order chi connectivity index (χ0) is 17.5. The molecule has 23 heavy (non-hydrogen) atoms. The second-order valence-electron chi connectivity index (χ2n) is 5.76. The molecular weight excluding hydrogens is 314 g/mol. The SMILES string of the molecule is CCCCCNC(=O)CN(C)C(C)c1ccc(S(N)(=O)=O)cc1. The van der Waals surface area contributed by atoms with E-state index < -0.39 is 10.0 Å². The quantitative estimate of drug-likeness (QED) is 0.668. The molecule has 1 amide bonds. The summed E-state index contributed by atoms with van der Waals surface area (Å²) in [6.07, 6.45) is 3.24. The molecular formula is C16H27N3O3S. The van der Waals surface area contributed by atoms with E-state index >= 15 is 0 Å². The molecule has 0 saturated carbocycles. The number of hydrogen-bond donors (Lipinski definition) is 2. The third-order valence-corrected chi connectivity index (χ3v) is 4.78. The Morgan fingerprint density at radius 2 is 1.87 bits per heavy atom. The van der Waals surface area contributed by atoms with E-state index in [1.165, 1.54) is 12.1 Å². The van der Waals surface area contributed by atoms with Crippen LogP contribution in [0.15, 0.2) is 29.2 Å². The predicted octanol–water partition coefficient (Wildman–Crippen LogP) is 1.63. The summed E-state index contributed by atoms with van der Waals surface area (Å²) in [5, 5.41) is 7.99. The maximum atomic E-state index is 11.9. The maximum Gasteiger partial charge on any atom is 0.238 e. The van der Waals surface area contributed by atoms with Gasteiger partial charge >= 0.3 is 0 Å². The zero-order valence-electron chi connectivity index (χ0n) is 14.1. The van der Waals surface area contributed by atoms with Crippen LogP contribution in [0.4, 0.5) is 0 Å². The highest BCUT2D eigenvalue weighted by atomic mass is 32.2. The van der Waals surface area contributed by atoms with E-state index in [1.54, 1.807) is 12.1 Å². The lowest BCUT2D eigenvalue weighted by atomic mass is 10.1. The molecule has 1 rings (SSSR count). The van der Waals surface area contributed by atoms with Crippen molar-refractivity contribution >= 4 is 15.9 Å². The van der Waals surface area contributed by atoms with Gasteiger partial charge in [0.1, 0.15) is 0 Å². The fourth-order valence-corrected chi connectivity index (χ4v) is 2.73. The third kappa shape index (κ3) is 6.68. The number of unbranched alkanes of at least 4 members (excludes halogenated alkanes) is 2. The minimum absolute atomic E-state index is 0.00314. The number of carbonyl (C=O) groups excluding carboxylic acids is 1. The summed E-state index contributed by atoms with van der Waals surface area (Å²) in [6, 6.07) is 6.41. The molecule has 7 heteroatoms. The van der Waals surface area contributed by atoms with Gasteiger partial charge in [0.2, 0.25) is 15.9 Å². The van der Waals surface area contributed by atoms with E-state index in [0.717, 1.165) is 24.8 Å². The number of carbonyl (C=O) groups is 1. The number of nitrogens with two attached hydrogens (primary N) is 1. The van der Waals surface area contributed by atoms with Gasteiger partial charge in [-0.25, -0.2) is 13.6 Å². The number of amides is 1. The number of sulfonamides is 1. The maximum absolute atomic E-state index is 11.9. The summed E-state index contributed by atoms with van der Waals surface area (Å²) in [5.74, 6) is -0.00314. The number of nitrogens with one attached hydrogen (secondary N) is 1. The van der Waals surface area contributed by atoms with Crippen molar-refractivity contribution in [1.82, 2.24) is 10.2 Å². The van der Waals surface area contributed by atoms with Crippen LogP contribution in [0.25, 0.3) is 0 Å². The summed E-state index contributed by atoms with van der Waals surface area (Å²) < 4.78 is 22.5. The molecule has 0 heterocycles. The van der Waals surface area contributed by atoms with Gasteiger partial charge in [-0.3, -0.25) is 9.69 Å². The number of likely N-dealkylation sites (N-methyl/N-ethyl adjacent to an activating group) is 1. The van der Waals surface area contributed by atoms with E-state index in [0.29, 0.717) is 13.1 Å². The molecule has 1 aromatic rings. The van der Waals surface area contributed by atoms with Gasteiger partial charge in [-0.2, -0.15) is 0 Å². The number of nitrogens with zero attached hydrogens (tertiary/aromatic N) is 1. The third-order valence-electron chi connectivity index (χ3n) is 3.85. The lowest BCUT2D eigenvalue weighted by Crippen LogP contribution is -2.36. The first-order valence-electron chi connectivity index (χ1n) is 7.85. The first-order chi connectivity index (χ1) is 10.8. The van der Waals surface area contributed by atoms with Crippen molar-refractivity contribution in [2.45, 2.75) is 44.0 Å². The fourth-order valence-electron chi connectivity index (χ4n) is 2.21. The molecule has 1 atom stereocenters. The Balaban J connectivity index is 2.56. The Labute approximate surface area is 139 Å². The minimum atomic E-state index is -3.68. The largest absolute Gasteiger partial charge is 0.355 e. The standard InChI is InChI=1S/C16H27N3O3S/c1-4-5-6-11-18-16(20)12-19(3)13(2)14-7-9-15(10-8-14)23(17,21)22/h7-10,13H,4-6,11-12H2,1-3H3,(H,18,20)(H2,17,21,22).